The SMILES string of the molecule is CCCNC(=O)CN1C(=O)CSC(c2ccccc2F)c2c(C(C)(C)C)nn(-c3ccc(C)cc3C)c21. The normalized spacial score (nSPS) is 15.9. The molecule has 3 aromatic rings. The average Bonchev–Trinajstić information content (AvgIpc) is 3.16. The van der Waals surface area contributed by atoms with Gasteiger partial charge in [0.2, 0.25) is 11.8 Å². The van der Waals surface area contributed by atoms with Crippen LogP contribution in [0.4, 0.5) is 10.2 Å². The van der Waals surface area contributed by atoms with Crippen LogP contribution in [0.5, 0.6) is 0 Å². The summed E-state index contributed by atoms with van der Waals surface area (Å²) in [6.07, 6.45) is 0.796. The number of aryl methyl sites for hydroxylation is 2. The van der Waals surface area contributed by atoms with Crippen LogP contribution in [0.25, 0.3) is 5.69 Å². The van der Waals surface area contributed by atoms with Gasteiger partial charge in [-0.05, 0) is 38.0 Å². The molecule has 1 aliphatic rings. The Hall–Kier alpha value is -3.13. The van der Waals surface area contributed by atoms with E-state index in [0.29, 0.717) is 17.9 Å². The third kappa shape index (κ3) is 5.44. The van der Waals surface area contributed by atoms with Crippen LogP contribution in [0.2, 0.25) is 0 Å². The van der Waals surface area contributed by atoms with Crippen molar-refractivity contribution in [2.45, 2.75) is 58.6 Å². The highest BCUT2D eigenvalue weighted by atomic mass is 32.2. The Morgan fingerprint density at radius 1 is 1.19 bits per heavy atom. The van der Waals surface area contributed by atoms with Gasteiger partial charge in [0.25, 0.3) is 0 Å². The Morgan fingerprint density at radius 2 is 1.92 bits per heavy atom. The molecule has 0 aliphatic carbocycles. The molecule has 0 spiro atoms. The van der Waals surface area contributed by atoms with Crippen molar-refractivity contribution in [3.8, 4) is 5.69 Å². The van der Waals surface area contributed by atoms with Crippen LogP contribution in [-0.2, 0) is 15.0 Å². The predicted molar refractivity (Wildman–Crippen MR) is 148 cm³/mol. The molecule has 4 rings (SSSR count). The van der Waals surface area contributed by atoms with Crippen LogP contribution in [0, 0.1) is 19.7 Å². The number of nitrogens with one attached hydrogen (secondary N) is 1. The largest absolute Gasteiger partial charge is 0.355 e. The monoisotopic (exact) mass is 522 g/mol. The third-order valence-corrected chi connectivity index (χ3v) is 7.68. The van der Waals surface area contributed by atoms with Gasteiger partial charge in [0.05, 0.1) is 22.4 Å². The molecule has 2 aromatic carbocycles. The molecule has 1 unspecified atom stereocenters. The number of fused-ring (bicyclic) bond motifs is 1. The number of carbonyl (C=O) groups is 2. The molecule has 1 atom stereocenters. The zero-order chi connectivity index (χ0) is 26.9. The number of carbonyl (C=O) groups excluding carboxylic acids is 2. The van der Waals surface area contributed by atoms with Crippen molar-refractivity contribution >= 4 is 29.4 Å². The van der Waals surface area contributed by atoms with E-state index >= 15 is 4.39 Å². The summed E-state index contributed by atoms with van der Waals surface area (Å²) in [5, 5.41) is 7.51. The fourth-order valence-electron chi connectivity index (χ4n) is 4.68. The Morgan fingerprint density at radius 3 is 2.57 bits per heavy atom. The van der Waals surface area contributed by atoms with Crippen molar-refractivity contribution in [2.75, 3.05) is 23.7 Å². The van der Waals surface area contributed by atoms with Crippen LogP contribution < -0.4 is 10.2 Å². The van der Waals surface area contributed by atoms with Gasteiger partial charge in [0.1, 0.15) is 18.2 Å². The summed E-state index contributed by atoms with van der Waals surface area (Å²) in [6, 6.07) is 12.8. The Kier molecular flexibility index (Phi) is 7.78. The molecule has 1 N–H and O–H groups in total. The molecule has 1 aromatic heterocycles. The van der Waals surface area contributed by atoms with E-state index in [1.54, 1.807) is 16.8 Å². The third-order valence-electron chi connectivity index (χ3n) is 6.44. The highest BCUT2D eigenvalue weighted by molar-refractivity contribution is 8.00. The number of rotatable bonds is 6. The van der Waals surface area contributed by atoms with Gasteiger partial charge < -0.3 is 5.32 Å². The molecule has 0 saturated heterocycles. The first-order valence-electron chi connectivity index (χ1n) is 12.7. The average molecular weight is 523 g/mol. The summed E-state index contributed by atoms with van der Waals surface area (Å²) in [7, 11) is 0. The Balaban J connectivity index is 2.04. The minimum absolute atomic E-state index is 0.116. The first-order valence-corrected chi connectivity index (χ1v) is 13.7. The second-order valence-corrected chi connectivity index (χ2v) is 11.7. The standard InChI is InChI=1S/C29H35FN4O2S/c1-7-14-31-23(35)16-33-24(36)17-37-26(20-10-8-9-11-21(20)30)25-27(29(4,5)6)32-34(28(25)33)22-13-12-18(2)15-19(22)3/h8-13,15,26H,7,14,16-17H2,1-6H3,(H,31,35). The minimum atomic E-state index is -0.461. The second-order valence-electron chi connectivity index (χ2n) is 10.6. The van der Waals surface area contributed by atoms with Gasteiger partial charge in [-0.1, -0.05) is 63.6 Å². The number of nitrogens with zero attached hydrogens (tertiary/aromatic N) is 3. The Bertz CT molecular complexity index is 1330. The Labute approximate surface area is 222 Å². The molecule has 0 bridgehead atoms. The van der Waals surface area contributed by atoms with Gasteiger partial charge in [-0.15, -0.1) is 11.8 Å². The number of hydrogen-bond acceptors (Lipinski definition) is 4. The van der Waals surface area contributed by atoms with Gasteiger partial charge >= 0.3 is 0 Å². The smallest absolute Gasteiger partial charge is 0.240 e. The fourth-order valence-corrected chi connectivity index (χ4v) is 5.90. The highest BCUT2D eigenvalue weighted by Crippen LogP contribution is 2.49. The van der Waals surface area contributed by atoms with Crippen molar-refractivity contribution in [1.82, 2.24) is 15.1 Å². The second kappa shape index (κ2) is 10.7. The highest BCUT2D eigenvalue weighted by Gasteiger charge is 2.40. The topological polar surface area (TPSA) is 67.2 Å². The van der Waals surface area contributed by atoms with Crippen LogP contribution in [0.1, 0.15) is 67.3 Å². The number of halogens is 1. The van der Waals surface area contributed by atoms with Crippen molar-refractivity contribution in [3.63, 3.8) is 0 Å². The van der Waals surface area contributed by atoms with E-state index in [0.717, 1.165) is 34.5 Å². The van der Waals surface area contributed by atoms with Gasteiger partial charge in [0.15, 0.2) is 0 Å². The fraction of sp³-hybridized carbons (Fsp3) is 0.414. The summed E-state index contributed by atoms with van der Waals surface area (Å²) in [5.41, 5.74) is 4.58. The number of anilines is 1. The van der Waals surface area contributed by atoms with Gasteiger partial charge in [-0.25, -0.2) is 9.07 Å². The molecular formula is C29H35FN4O2S. The van der Waals surface area contributed by atoms with Gasteiger partial charge in [0, 0.05) is 23.1 Å². The van der Waals surface area contributed by atoms with E-state index in [1.807, 2.05) is 39.0 Å². The minimum Gasteiger partial charge on any atom is -0.355 e. The lowest BCUT2D eigenvalue weighted by atomic mass is 9.87. The van der Waals surface area contributed by atoms with Crippen molar-refractivity contribution in [1.29, 1.82) is 0 Å². The summed E-state index contributed by atoms with van der Waals surface area (Å²) in [5.74, 6) is -0.117. The molecule has 0 fully saturated rings. The van der Waals surface area contributed by atoms with E-state index in [2.05, 4.69) is 32.2 Å². The van der Waals surface area contributed by atoms with Crippen molar-refractivity contribution < 1.29 is 14.0 Å². The molecule has 2 heterocycles. The molecule has 2 amide bonds. The summed E-state index contributed by atoms with van der Waals surface area (Å²) >= 11 is 1.38. The molecular weight excluding hydrogens is 487 g/mol. The molecule has 8 heteroatoms. The number of amides is 2. The van der Waals surface area contributed by atoms with Crippen LogP contribution >= 0.6 is 11.8 Å². The molecule has 0 saturated carbocycles. The van der Waals surface area contributed by atoms with E-state index in [4.69, 9.17) is 5.10 Å². The van der Waals surface area contributed by atoms with E-state index in [-0.39, 0.29) is 29.9 Å². The van der Waals surface area contributed by atoms with Crippen LogP contribution in [0.3, 0.4) is 0 Å². The molecule has 0 radical (unpaired) electrons. The maximum Gasteiger partial charge on any atom is 0.240 e. The molecule has 196 valence electrons. The maximum atomic E-state index is 15.2. The first kappa shape index (κ1) is 26.9. The number of benzene rings is 2. The molecule has 37 heavy (non-hydrogen) atoms. The lowest BCUT2D eigenvalue weighted by Crippen LogP contribution is -2.42. The summed E-state index contributed by atoms with van der Waals surface area (Å²) in [6.45, 7) is 12.6. The van der Waals surface area contributed by atoms with E-state index in [9.17, 15) is 9.59 Å². The number of aromatic nitrogens is 2. The van der Waals surface area contributed by atoms with Gasteiger partial charge in [-0.3, -0.25) is 14.5 Å². The zero-order valence-electron chi connectivity index (χ0n) is 22.4. The number of thioether (sulfide) groups is 1. The summed E-state index contributed by atoms with van der Waals surface area (Å²) < 4.78 is 17.0. The van der Waals surface area contributed by atoms with E-state index < -0.39 is 10.7 Å². The van der Waals surface area contributed by atoms with Gasteiger partial charge in [-0.2, -0.15) is 5.10 Å². The zero-order valence-corrected chi connectivity index (χ0v) is 23.2. The lowest BCUT2D eigenvalue weighted by molar-refractivity contribution is -0.122. The van der Waals surface area contributed by atoms with Crippen LogP contribution in [-0.4, -0.2) is 40.4 Å². The molecule has 6 nitrogen and oxygen atoms in total. The van der Waals surface area contributed by atoms with Crippen LogP contribution in [0.15, 0.2) is 42.5 Å². The van der Waals surface area contributed by atoms with E-state index in [1.165, 1.54) is 22.7 Å². The maximum absolute atomic E-state index is 15.2. The number of hydrogen-bond donors (Lipinski definition) is 1. The summed E-state index contributed by atoms with van der Waals surface area (Å²) in [4.78, 5) is 28.1. The van der Waals surface area contributed by atoms with Crippen molar-refractivity contribution in [2.24, 2.45) is 0 Å². The first-order chi connectivity index (χ1) is 17.5. The predicted octanol–water partition coefficient (Wildman–Crippen LogP) is 5.62. The quantitative estimate of drug-likeness (QED) is 0.456. The lowest BCUT2D eigenvalue weighted by Gasteiger charge is -2.25. The van der Waals surface area contributed by atoms with Crippen molar-refractivity contribution in [3.05, 3.63) is 76.2 Å². The molecule has 1 aliphatic heterocycles.